The summed E-state index contributed by atoms with van der Waals surface area (Å²) < 4.78 is 24.1. The molecule has 17 heavy (non-hydrogen) atoms. The van der Waals surface area contributed by atoms with Gasteiger partial charge in [0, 0.05) is 31.4 Å². The van der Waals surface area contributed by atoms with Crippen molar-refractivity contribution in [3.05, 3.63) is 34.7 Å². The van der Waals surface area contributed by atoms with Crippen LogP contribution in [0.2, 0.25) is 0 Å². The highest BCUT2D eigenvalue weighted by molar-refractivity contribution is 7.91. The third-order valence-corrected chi connectivity index (χ3v) is 4.69. The summed E-state index contributed by atoms with van der Waals surface area (Å²) >= 11 is 0. The standard InChI is InChI=1S/C11H16N2O3S/c14-11-3-1-2-6-13(11)7-5-12-10-4-8-17(15,16)9-10/h1-3,6,10,12H,4-5,7-9H2. The van der Waals surface area contributed by atoms with Crippen molar-refractivity contribution in [3.63, 3.8) is 0 Å². The third kappa shape index (κ3) is 3.41. The number of hydrogen-bond donors (Lipinski definition) is 1. The smallest absolute Gasteiger partial charge is 0.250 e. The molecule has 0 saturated carbocycles. The average Bonchev–Trinajstić information content (AvgIpc) is 2.61. The molecule has 1 aliphatic rings. The van der Waals surface area contributed by atoms with Gasteiger partial charge in [-0.3, -0.25) is 4.79 Å². The van der Waals surface area contributed by atoms with Crippen molar-refractivity contribution >= 4 is 9.84 Å². The van der Waals surface area contributed by atoms with E-state index in [1.54, 1.807) is 22.9 Å². The minimum atomic E-state index is -2.83. The summed E-state index contributed by atoms with van der Waals surface area (Å²) in [5.74, 6) is 0.493. The predicted octanol–water partition coefficient (Wildman–Crippen LogP) is -0.375. The summed E-state index contributed by atoms with van der Waals surface area (Å²) in [6, 6.07) is 5.07. The van der Waals surface area contributed by atoms with E-state index in [-0.39, 0.29) is 23.1 Å². The van der Waals surface area contributed by atoms with Gasteiger partial charge in [0.15, 0.2) is 9.84 Å². The Hall–Kier alpha value is -1.14. The normalized spacial score (nSPS) is 22.7. The van der Waals surface area contributed by atoms with Crippen molar-refractivity contribution in [1.29, 1.82) is 0 Å². The molecule has 1 fully saturated rings. The van der Waals surface area contributed by atoms with Crippen LogP contribution in [0.1, 0.15) is 6.42 Å². The summed E-state index contributed by atoms with van der Waals surface area (Å²) in [7, 11) is -2.83. The Balaban J connectivity index is 1.81. The van der Waals surface area contributed by atoms with Gasteiger partial charge in [0.1, 0.15) is 0 Å². The monoisotopic (exact) mass is 256 g/mol. The first-order valence-electron chi connectivity index (χ1n) is 5.66. The first kappa shape index (κ1) is 12.3. The average molecular weight is 256 g/mol. The molecule has 0 aliphatic carbocycles. The lowest BCUT2D eigenvalue weighted by molar-refractivity contribution is 0.514. The highest BCUT2D eigenvalue weighted by Gasteiger charge is 2.26. The molecule has 94 valence electrons. The Labute approximate surface area is 100 Å². The number of rotatable bonds is 4. The van der Waals surface area contributed by atoms with Gasteiger partial charge in [-0.2, -0.15) is 0 Å². The molecule has 6 heteroatoms. The van der Waals surface area contributed by atoms with Crippen LogP contribution >= 0.6 is 0 Å². The summed E-state index contributed by atoms with van der Waals surface area (Å²) in [6.45, 7) is 1.18. The molecule has 1 saturated heterocycles. The predicted molar refractivity (Wildman–Crippen MR) is 65.8 cm³/mol. The molecule has 0 bridgehead atoms. The Morgan fingerprint density at radius 3 is 2.88 bits per heavy atom. The first-order chi connectivity index (χ1) is 8.07. The SMILES string of the molecule is O=c1ccccn1CCNC1CCS(=O)(=O)C1. The second kappa shape index (κ2) is 5.01. The van der Waals surface area contributed by atoms with Crippen molar-refractivity contribution < 1.29 is 8.42 Å². The zero-order valence-corrected chi connectivity index (χ0v) is 10.3. The van der Waals surface area contributed by atoms with E-state index in [1.165, 1.54) is 6.07 Å². The number of aromatic nitrogens is 1. The van der Waals surface area contributed by atoms with E-state index >= 15 is 0 Å². The molecule has 1 aromatic rings. The number of nitrogens with zero attached hydrogens (tertiary/aromatic N) is 1. The molecular formula is C11H16N2O3S. The fourth-order valence-corrected chi connectivity index (χ4v) is 3.70. The highest BCUT2D eigenvalue weighted by atomic mass is 32.2. The van der Waals surface area contributed by atoms with Crippen LogP contribution in [0.3, 0.4) is 0 Å². The van der Waals surface area contributed by atoms with Crippen LogP contribution in [-0.2, 0) is 16.4 Å². The van der Waals surface area contributed by atoms with Crippen molar-refractivity contribution in [3.8, 4) is 0 Å². The molecule has 1 aromatic heterocycles. The maximum atomic E-state index is 11.4. The van der Waals surface area contributed by atoms with E-state index in [0.29, 0.717) is 19.5 Å². The number of sulfone groups is 1. The minimum Gasteiger partial charge on any atom is -0.314 e. The van der Waals surface area contributed by atoms with Crippen molar-refractivity contribution in [2.24, 2.45) is 0 Å². The van der Waals surface area contributed by atoms with E-state index in [9.17, 15) is 13.2 Å². The van der Waals surface area contributed by atoms with Crippen molar-refractivity contribution in [1.82, 2.24) is 9.88 Å². The highest BCUT2D eigenvalue weighted by Crippen LogP contribution is 2.10. The lowest BCUT2D eigenvalue weighted by Gasteiger charge is -2.11. The van der Waals surface area contributed by atoms with E-state index in [0.717, 1.165) is 0 Å². The van der Waals surface area contributed by atoms with Gasteiger partial charge in [-0.1, -0.05) is 6.07 Å². The summed E-state index contributed by atoms with van der Waals surface area (Å²) in [5.41, 5.74) is -0.0339. The second-order valence-corrected chi connectivity index (χ2v) is 6.52. The number of nitrogens with one attached hydrogen (secondary N) is 1. The molecule has 1 N–H and O–H groups in total. The van der Waals surface area contributed by atoms with Crippen LogP contribution in [0.5, 0.6) is 0 Å². The Kier molecular flexibility index (Phi) is 3.63. The molecule has 0 spiro atoms. The van der Waals surface area contributed by atoms with Gasteiger partial charge >= 0.3 is 0 Å². The van der Waals surface area contributed by atoms with E-state index in [2.05, 4.69) is 5.32 Å². The molecule has 1 atom stereocenters. The second-order valence-electron chi connectivity index (χ2n) is 4.29. The van der Waals surface area contributed by atoms with Crippen LogP contribution in [0.4, 0.5) is 0 Å². The Morgan fingerprint density at radius 2 is 2.24 bits per heavy atom. The number of hydrogen-bond acceptors (Lipinski definition) is 4. The minimum absolute atomic E-state index is 0.0339. The third-order valence-electron chi connectivity index (χ3n) is 2.92. The van der Waals surface area contributed by atoms with Gasteiger partial charge in [-0.25, -0.2) is 8.42 Å². The zero-order valence-electron chi connectivity index (χ0n) is 9.50. The topological polar surface area (TPSA) is 68.2 Å². The molecule has 1 aliphatic heterocycles. The van der Waals surface area contributed by atoms with Crippen LogP contribution < -0.4 is 10.9 Å². The van der Waals surface area contributed by atoms with Gasteiger partial charge < -0.3 is 9.88 Å². The maximum Gasteiger partial charge on any atom is 0.250 e. The quantitative estimate of drug-likeness (QED) is 0.798. The van der Waals surface area contributed by atoms with Crippen molar-refractivity contribution in [2.45, 2.75) is 19.0 Å². The van der Waals surface area contributed by atoms with Gasteiger partial charge in [0.2, 0.25) is 0 Å². The molecule has 2 rings (SSSR count). The zero-order chi connectivity index (χ0) is 12.3. The fraction of sp³-hybridized carbons (Fsp3) is 0.545. The van der Waals surface area contributed by atoms with Gasteiger partial charge in [0.05, 0.1) is 11.5 Å². The van der Waals surface area contributed by atoms with Gasteiger partial charge in [-0.15, -0.1) is 0 Å². The van der Waals surface area contributed by atoms with Gasteiger partial charge in [0.25, 0.3) is 5.56 Å². The summed E-state index contributed by atoms with van der Waals surface area (Å²) in [4.78, 5) is 11.4. The van der Waals surface area contributed by atoms with Gasteiger partial charge in [-0.05, 0) is 12.5 Å². The molecule has 2 heterocycles. The van der Waals surface area contributed by atoms with Crippen molar-refractivity contribution in [2.75, 3.05) is 18.1 Å². The largest absolute Gasteiger partial charge is 0.314 e. The molecular weight excluding hydrogens is 240 g/mol. The number of pyridine rings is 1. The summed E-state index contributed by atoms with van der Waals surface area (Å²) in [5, 5.41) is 3.17. The van der Waals surface area contributed by atoms with Crippen LogP contribution in [-0.4, -0.2) is 37.1 Å². The molecule has 1 unspecified atom stereocenters. The molecule has 0 amide bonds. The van der Waals surface area contributed by atoms with Crippen LogP contribution in [0.25, 0.3) is 0 Å². The molecule has 0 radical (unpaired) electrons. The van der Waals surface area contributed by atoms with E-state index in [1.807, 2.05) is 0 Å². The molecule has 5 nitrogen and oxygen atoms in total. The van der Waals surface area contributed by atoms with E-state index in [4.69, 9.17) is 0 Å². The molecule has 0 aromatic carbocycles. The first-order valence-corrected chi connectivity index (χ1v) is 7.48. The Bertz CT molecular complexity index is 536. The fourth-order valence-electron chi connectivity index (χ4n) is 1.99. The Morgan fingerprint density at radius 1 is 1.41 bits per heavy atom. The maximum absolute atomic E-state index is 11.4. The lowest BCUT2D eigenvalue weighted by Crippen LogP contribution is -2.34. The van der Waals surface area contributed by atoms with E-state index < -0.39 is 9.84 Å². The summed E-state index contributed by atoms with van der Waals surface area (Å²) in [6.07, 6.45) is 2.40. The lowest BCUT2D eigenvalue weighted by atomic mass is 10.2. The van der Waals surface area contributed by atoms with Crippen LogP contribution in [0.15, 0.2) is 29.2 Å². The van der Waals surface area contributed by atoms with Crippen LogP contribution in [0, 0.1) is 0 Å².